The van der Waals surface area contributed by atoms with E-state index in [1.807, 2.05) is 0 Å². The highest BCUT2D eigenvalue weighted by molar-refractivity contribution is 5.93. The fraction of sp³-hybridized carbons (Fsp3) is 0.500. The number of carbonyl (C=O) groups excluding carboxylic acids is 1. The molecule has 0 unspecified atom stereocenters. The van der Waals surface area contributed by atoms with Crippen molar-refractivity contribution in [2.75, 3.05) is 0 Å². The van der Waals surface area contributed by atoms with Crippen LogP contribution >= 0.6 is 0 Å². The van der Waals surface area contributed by atoms with E-state index >= 15 is 0 Å². The van der Waals surface area contributed by atoms with Crippen molar-refractivity contribution < 1.29 is 4.79 Å². The predicted molar refractivity (Wildman–Crippen MR) is 58.3 cm³/mol. The van der Waals surface area contributed by atoms with Gasteiger partial charge >= 0.3 is 0 Å². The van der Waals surface area contributed by atoms with Gasteiger partial charge in [-0.3, -0.25) is 9.59 Å². The van der Waals surface area contributed by atoms with E-state index in [1.165, 1.54) is 12.5 Å². The topological polar surface area (TPSA) is 39.1 Å². The van der Waals surface area contributed by atoms with Crippen molar-refractivity contribution in [3.63, 3.8) is 0 Å². The molecule has 2 rings (SSSR count). The molecule has 1 aromatic heterocycles. The van der Waals surface area contributed by atoms with Crippen LogP contribution in [0.5, 0.6) is 0 Å². The summed E-state index contributed by atoms with van der Waals surface area (Å²) in [5.41, 5.74) is 2.46. The zero-order valence-electron chi connectivity index (χ0n) is 9.17. The Balaban J connectivity index is 2.68. The maximum atomic E-state index is 11.8. The number of aromatic nitrogens is 1. The van der Waals surface area contributed by atoms with Gasteiger partial charge in [-0.15, -0.1) is 0 Å². The number of fused-ring (bicyclic) bond motifs is 1. The lowest BCUT2D eigenvalue weighted by Gasteiger charge is -2.19. The molecule has 0 radical (unpaired) electrons. The molecule has 0 atom stereocenters. The van der Waals surface area contributed by atoms with E-state index in [0.29, 0.717) is 5.56 Å². The van der Waals surface area contributed by atoms with Crippen LogP contribution in [0.3, 0.4) is 0 Å². The smallest absolute Gasteiger partial charge is 0.261 e. The van der Waals surface area contributed by atoms with Crippen molar-refractivity contribution in [3.05, 3.63) is 33.2 Å². The first kappa shape index (κ1) is 10.1. The van der Waals surface area contributed by atoms with Gasteiger partial charge in [0.25, 0.3) is 5.56 Å². The molecule has 0 bridgehead atoms. The number of hydrogen-bond donors (Lipinski definition) is 0. The lowest BCUT2D eigenvalue weighted by atomic mass is 9.94. The normalized spacial score (nSPS) is 14.8. The van der Waals surface area contributed by atoms with Crippen molar-refractivity contribution in [1.82, 2.24) is 4.57 Å². The van der Waals surface area contributed by atoms with Crippen LogP contribution in [0, 0.1) is 0 Å². The fourth-order valence-corrected chi connectivity index (χ4v) is 2.24. The average Bonchev–Trinajstić information content (AvgIpc) is 2.23. The van der Waals surface area contributed by atoms with Gasteiger partial charge in [0.05, 0.1) is 5.56 Å². The first-order valence-electron chi connectivity index (χ1n) is 5.34. The molecule has 3 heteroatoms. The molecule has 0 aliphatic heterocycles. The van der Waals surface area contributed by atoms with Crippen LogP contribution in [0.15, 0.2) is 10.9 Å². The van der Waals surface area contributed by atoms with Crippen LogP contribution in [-0.4, -0.2) is 10.4 Å². The van der Waals surface area contributed by atoms with E-state index in [2.05, 4.69) is 0 Å². The van der Waals surface area contributed by atoms with Gasteiger partial charge in [-0.25, -0.2) is 0 Å². The summed E-state index contributed by atoms with van der Waals surface area (Å²) in [6.07, 6.45) is 4.24. The van der Waals surface area contributed by atoms with E-state index in [9.17, 15) is 9.59 Å². The molecule has 1 aliphatic rings. The van der Waals surface area contributed by atoms with Crippen LogP contribution in [-0.2, 0) is 19.9 Å². The first-order valence-corrected chi connectivity index (χ1v) is 5.34. The number of carbonyl (C=O) groups is 1. The second kappa shape index (κ2) is 3.65. The maximum absolute atomic E-state index is 11.8. The number of aryl methyl sites for hydroxylation is 1. The number of ketones is 1. The van der Waals surface area contributed by atoms with E-state index in [1.54, 1.807) is 17.7 Å². The van der Waals surface area contributed by atoms with Crippen LogP contribution in [0.25, 0.3) is 0 Å². The Morgan fingerprint density at radius 3 is 2.67 bits per heavy atom. The lowest BCUT2D eigenvalue weighted by Crippen LogP contribution is -2.28. The summed E-state index contributed by atoms with van der Waals surface area (Å²) in [4.78, 5) is 23.1. The molecular formula is C12H15NO2. The maximum Gasteiger partial charge on any atom is 0.261 e. The van der Waals surface area contributed by atoms with Crippen LogP contribution in [0.1, 0.15) is 41.4 Å². The second-order valence-corrected chi connectivity index (χ2v) is 4.16. The summed E-state index contributed by atoms with van der Waals surface area (Å²) < 4.78 is 1.64. The van der Waals surface area contributed by atoms with E-state index in [4.69, 9.17) is 0 Å². The highest BCUT2D eigenvalue weighted by Gasteiger charge is 2.17. The molecule has 3 nitrogen and oxygen atoms in total. The molecule has 1 heterocycles. The summed E-state index contributed by atoms with van der Waals surface area (Å²) in [7, 11) is 1.76. The van der Waals surface area contributed by atoms with Crippen LogP contribution in [0.4, 0.5) is 0 Å². The number of pyridine rings is 1. The van der Waals surface area contributed by atoms with Gasteiger partial charge in [-0.2, -0.15) is 0 Å². The Labute approximate surface area is 88.7 Å². The molecule has 0 N–H and O–H groups in total. The predicted octanol–water partition coefficient (Wildman–Crippen LogP) is 1.47. The van der Waals surface area contributed by atoms with Crippen molar-refractivity contribution in [1.29, 1.82) is 0 Å². The molecule has 0 saturated heterocycles. The Hall–Kier alpha value is -1.38. The third-order valence-electron chi connectivity index (χ3n) is 3.12. The highest BCUT2D eigenvalue weighted by atomic mass is 16.1. The molecule has 80 valence electrons. The molecule has 15 heavy (non-hydrogen) atoms. The Kier molecular flexibility index (Phi) is 2.47. The fourth-order valence-electron chi connectivity index (χ4n) is 2.24. The largest absolute Gasteiger partial charge is 0.315 e. The minimum atomic E-state index is -0.150. The first-order chi connectivity index (χ1) is 7.11. The zero-order chi connectivity index (χ0) is 11.0. The van der Waals surface area contributed by atoms with E-state index < -0.39 is 0 Å². The van der Waals surface area contributed by atoms with Gasteiger partial charge in [0.1, 0.15) is 0 Å². The van der Waals surface area contributed by atoms with Crippen LogP contribution in [0.2, 0.25) is 0 Å². The highest BCUT2D eigenvalue weighted by Crippen LogP contribution is 2.20. The minimum Gasteiger partial charge on any atom is -0.315 e. The monoisotopic (exact) mass is 205 g/mol. The van der Waals surface area contributed by atoms with E-state index in [0.717, 1.165) is 31.4 Å². The Morgan fingerprint density at radius 2 is 2.00 bits per heavy atom. The molecule has 0 amide bonds. The molecule has 1 aromatic rings. The van der Waals surface area contributed by atoms with Gasteiger partial charge in [0, 0.05) is 12.7 Å². The summed E-state index contributed by atoms with van der Waals surface area (Å²) in [6, 6.07) is 1.79. The quantitative estimate of drug-likeness (QED) is 0.651. The molecular weight excluding hydrogens is 190 g/mol. The van der Waals surface area contributed by atoms with Gasteiger partial charge in [-0.1, -0.05) is 0 Å². The summed E-state index contributed by atoms with van der Waals surface area (Å²) in [6.45, 7) is 1.45. The zero-order valence-corrected chi connectivity index (χ0v) is 9.17. The van der Waals surface area contributed by atoms with Gasteiger partial charge in [-0.05, 0) is 44.2 Å². The van der Waals surface area contributed by atoms with Gasteiger partial charge in [0.15, 0.2) is 5.78 Å². The van der Waals surface area contributed by atoms with Crippen molar-refractivity contribution in [2.24, 2.45) is 7.05 Å². The lowest BCUT2D eigenvalue weighted by molar-refractivity contribution is 0.101. The van der Waals surface area contributed by atoms with Crippen LogP contribution < -0.4 is 5.56 Å². The van der Waals surface area contributed by atoms with Crippen molar-refractivity contribution in [2.45, 2.75) is 32.6 Å². The van der Waals surface area contributed by atoms with Crippen molar-refractivity contribution >= 4 is 5.78 Å². The standard InChI is InChI=1S/C12H15NO2/c1-8(14)10-7-9-5-3-4-6-11(9)13(2)12(10)15/h7H,3-6H2,1-2H3. The average molecular weight is 205 g/mol. The molecule has 0 aromatic carbocycles. The minimum absolute atomic E-state index is 0.135. The third-order valence-corrected chi connectivity index (χ3v) is 3.12. The number of nitrogens with zero attached hydrogens (tertiary/aromatic N) is 1. The molecule has 1 aliphatic carbocycles. The number of Topliss-reactive ketones (excluding diaryl/α,β-unsaturated/α-hetero) is 1. The summed E-state index contributed by atoms with van der Waals surface area (Å²) in [5, 5.41) is 0. The van der Waals surface area contributed by atoms with E-state index in [-0.39, 0.29) is 11.3 Å². The molecule has 0 spiro atoms. The summed E-state index contributed by atoms with van der Waals surface area (Å²) in [5.74, 6) is -0.135. The van der Waals surface area contributed by atoms with Gasteiger partial charge < -0.3 is 4.57 Å². The Morgan fingerprint density at radius 1 is 1.33 bits per heavy atom. The number of rotatable bonds is 1. The molecule has 0 fully saturated rings. The molecule has 0 saturated carbocycles. The number of hydrogen-bond acceptors (Lipinski definition) is 2. The SMILES string of the molecule is CC(=O)c1cc2c(n(C)c1=O)CCCC2. The third kappa shape index (κ3) is 1.62. The second-order valence-electron chi connectivity index (χ2n) is 4.16. The van der Waals surface area contributed by atoms with Gasteiger partial charge in [0.2, 0.25) is 0 Å². The summed E-state index contributed by atoms with van der Waals surface area (Å²) >= 11 is 0. The Bertz CT molecular complexity index is 471. The van der Waals surface area contributed by atoms with Crippen molar-refractivity contribution in [3.8, 4) is 0 Å².